The number of allylic oxidation sites excluding steroid dienone is 6. The second-order valence-corrected chi connectivity index (χ2v) is 8.84. The maximum Gasteiger partial charge on any atom is 0.673 e. The number of methoxy groups -OCH3 is 8. The molecular weight excluding hydrogens is 591 g/mol. The minimum atomic E-state index is -6.00. The summed E-state index contributed by atoms with van der Waals surface area (Å²) in [6, 6.07) is 7.24. The Labute approximate surface area is 252 Å². The number of halogens is 4. The summed E-state index contributed by atoms with van der Waals surface area (Å²) >= 11 is 0. The molecule has 0 spiro atoms. The second kappa shape index (κ2) is 14.2. The van der Waals surface area contributed by atoms with Gasteiger partial charge in [0.2, 0.25) is 0 Å². The van der Waals surface area contributed by atoms with Gasteiger partial charge in [0.25, 0.3) is 7.11 Å². The first kappa shape index (κ1) is 33.8. The number of ketones is 1. The van der Waals surface area contributed by atoms with Gasteiger partial charge in [-0.15, -0.1) is 0 Å². The molecule has 0 heterocycles. The lowest BCUT2D eigenvalue weighted by Gasteiger charge is -2.15. The fourth-order valence-electron chi connectivity index (χ4n) is 4.69. The van der Waals surface area contributed by atoms with Crippen molar-refractivity contribution in [1.82, 2.24) is 0 Å². The van der Waals surface area contributed by atoms with Crippen molar-refractivity contribution in [3.8, 4) is 34.5 Å². The monoisotopic (exact) mass is 624 g/mol. The van der Waals surface area contributed by atoms with Gasteiger partial charge in [-0.3, -0.25) is 4.42 Å². The molecule has 2 aromatic carbocycles. The van der Waals surface area contributed by atoms with Gasteiger partial charge in [-0.1, -0.05) is 0 Å². The molecule has 0 radical (unpaired) electrons. The summed E-state index contributed by atoms with van der Waals surface area (Å²) in [5.74, 6) is 5.15. The highest BCUT2D eigenvalue weighted by molar-refractivity contribution is 6.50. The fraction of sp³-hybridized carbons (Fsp3) is 0.300. The largest absolute Gasteiger partial charge is 0.673 e. The van der Waals surface area contributed by atoms with Crippen LogP contribution in [0.25, 0.3) is 11.1 Å². The number of rotatable bonds is 10. The van der Waals surface area contributed by atoms with Crippen LogP contribution in [0.1, 0.15) is 11.1 Å². The summed E-state index contributed by atoms with van der Waals surface area (Å²) in [4.78, 5) is 0. The molecule has 0 saturated carbocycles. The van der Waals surface area contributed by atoms with Crippen LogP contribution in [-0.4, -0.2) is 77.0 Å². The molecule has 0 aliphatic heterocycles. The highest BCUT2D eigenvalue weighted by Crippen LogP contribution is 2.63. The SMILES string of the molecule is COC1=CC(=[O+]C)C(=C2C(c3c(OC)cc(OC)cc3OC)=C2c2c(OC)cc(OC)cc2OC)C(OC)=C1.F[B-](F)(F)F. The van der Waals surface area contributed by atoms with Crippen molar-refractivity contribution in [3.63, 3.8) is 0 Å². The van der Waals surface area contributed by atoms with Gasteiger partial charge in [-0.2, -0.15) is 0 Å². The van der Waals surface area contributed by atoms with Gasteiger partial charge < -0.3 is 55.2 Å². The van der Waals surface area contributed by atoms with E-state index in [0.717, 1.165) is 33.4 Å². The predicted molar refractivity (Wildman–Crippen MR) is 157 cm³/mol. The molecule has 2 aromatic rings. The molecule has 0 N–H and O–H groups in total. The van der Waals surface area contributed by atoms with E-state index < -0.39 is 7.25 Å². The number of ether oxygens (including phenoxy) is 8. The molecule has 4 rings (SSSR count). The van der Waals surface area contributed by atoms with Crippen molar-refractivity contribution in [3.05, 3.63) is 70.2 Å². The van der Waals surface area contributed by atoms with Gasteiger partial charge in [0.05, 0.1) is 74.1 Å². The summed E-state index contributed by atoms with van der Waals surface area (Å²) in [6.07, 6.45) is 3.62. The Morgan fingerprint density at radius 1 is 0.500 bits per heavy atom. The van der Waals surface area contributed by atoms with Gasteiger partial charge in [-0.05, 0) is 0 Å². The molecule has 0 fully saturated rings. The van der Waals surface area contributed by atoms with Gasteiger partial charge in [-0.25, -0.2) is 0 Å². The average molecular weight is 624 g/mol. The van der Waals surface area contributed by atoms with E-state index in [4.69, 9.17) is 42.3 Å². The number of carbonyl (C=O) groups excluding carboxylic acids is 1. The van der Waals surface area contributed by atoms with Gasteiger partial charge >= 0.3 is 13.0 Å². The van der Waals surface area contributed by atoms with Crippen molar-refractivity contribution in [2.75, 3.05) is 64.0 Å². The average Bonchev–Trinajstić information content (AvgIpc) is 3.74. The molecule has 0 amide bonds. The quantitative estimate of drug-likeness (QED) is 0.136. The van der Waals surface area contributed by atoms with E-state index in [0.29, 0.717) is 51.8 Å². The highest BCUT2D eigenvalue weighted by Gasteiger charge is 2.46. The van der Waals surface area contributed by atoms with Crippen molar-refractivity contribution in [1.29, 1.82) is 0 Å². The minimum absolute atomic E-state index is 0.562. The summed E-state index contributed by atoms with van der Waals surface area (Å²) in [5.41, 5.74) is 4.71. The first-order valence-corrected chi connectivity index (χ1v) is 12.8. The standard InChI is InChI=1S/C30H33O9.BF4/c1-31-16-10-19(34-4)25(20(11-16)35-5)28-29(26-21(36-6)12-17(32-2)13-22(26)37-7)30(28)27-23(38-8)14-18(33-3)15-24(27)39-9;2-1(3,4)5/h10-15H,1-9H3;/q+1;-1. The van der Waals surface area contributed by atoms with E-state index in [1.54, 1.807) is 64.0 Å². The van der Waals surface area contributed by atoms with Crippen molar-refractivity contribution in [2.45, 2.75) is 0 Å². The Morgan fingerprint density at radius 2 is 0.886 bits per heavy atom. The molecule has 0 saturated heterocycles. The molecule has 14 heteroatoms. The number of hydrogen-bond donors (Lipinski definition) is 0. The Morgan fingerprint density at radius 3 is 1.16 bits per heavy atom. The van der Waals surface area contributed by atoms with E-state index in [9.17, 15) is 17.3 Å². The van der Waals surface area contributed by atoms with Crippen LogP contribution in [0.3, 0.4) is 0 Å². The fourth-order valence-corrected chi connectivity index (χ4v) is 4.69. The normalized spacial score (nSPS) is 15.1. The van der Waals surface area contributed by atoms with Crippen LogP contribution in [0.15, 0.2) is 59.1 Å². The molecule has 0 bridgehead atoms. The van der Waals surface area contributed by atoms with Gasteiger partial charge in [0.1, 0.15) is 51.6 Å². The second-order valence-electron chi connectivity index (χ2n) is 8.84. The van der Waals surface area contributed by atoms with E-state index in [-0.39, 0.29) is 0 Å². The van der Waals surface area contributed by atoms with Crippen molar-refractivity contribution >= 4 is 24.2 Å². The minimum Gasteiger partial charge on any atom is -0.496 e. The molecule has 0 aromatic heterocycles. The number of hydrogen-bond acceptors (Lipinski definition) is 8. The Kier molecular flexibility index (Phi) is 10.9. The van der Waals surface area contributed by atoms with Crippen LogP contribution >= 0.6 is 0 Å². The van der Waals surface area contributed by atoms with E-state index >= 15 is 0 Å². The lowest BCUT2D eigenvalue weighted by molar-refractivity contribution is -0.418. The summed E-state index contributed by atoms with van der Waals surface area (Å²) in [7, 11) is 8.37. The van der Waals surface area contributed by atoms with Gasteiger partial charge in [0.15, 0.2) is 0 Å². The molecule has 0 atom stereocenters. The molecule has 2 aliphatic rings. The van der Waals surface area contributed by atoms with Crippen molar-refractivity contribution < 1.29 is 59.6 Å². The first-order chi connectivity index (χ1) is 20.9. The zero-order chi connectivity index (χ0) is 32.8. The van der Waals surface area contributed by atoms with Gasteiger partial charge in [0, 0.05) is 47.1 Å². The van der Waals surface area contributed by atoms with E-state index in [2.05, 4.69) is 0 Å². The summed E-state index contributed by atoms with van der Waals surface area (Å²) < 4.78 is 90.4. The van der Waals surface area contributed by atoms with Crippen LogP contribution in [0.5, 0.6) is 34.5 Å². The van der Waals surface area contributed by atoms with Crippen LogP contribution in [0.4, 0.5) is 17.3 Å². The van der Waals surface area contributed by atoms with Crippen LogP contribution in [-0.2, 0) is 13.9 Å². The lowest BCUT2D eigenvalue weighted by Crippen LogP contribution is -2.13. The molecule has 238 valence electrons. The highest BCUT2D eigenvalue weighted by atomic mass is 19.5. The van der Waals surface area contributed by atoms with Crippen LogP contribution < -0.4 is 28.4 Å². The molecular formula is C30H33BF4O9. The Hall–Kier alpha value is -4.75. The molecule has 2 aliphatic carbocycles. The van der Waals surface area contributed by atoms with Crippen LogP contribution in [0.2, 0.25) is 0 Å². The first-order valence-electron chi connectivity index (χ1n) is 12.8. The van der Waals surface area contributed by atoms with E-state index in [1.807, 2.05) is 36.4 Å². The topological polar surface area (TPSA) is 85.1 Å². The van der Waals surface area contributed by atoms with Crippen LogP contribution in [0, 0.1) is 0 Å². The third-order valence-corrected chi connectivity index (χ3v) is 6.58. The zero-order valence-electron chi connectivity index (χ0n) is 25.7. The predicted octanol–water partition coefficient (Wildman–Crippen LogP) is 6.07. The van der Waals surface area contributed by atoms with E-state index in [1.165, 1.54) is 0 Å². The summed E-state index contributed by atoms with van der Waals surface area (Å²) in [6.45, 7) is 0. The third kappa shape index (κ3) is 7.06. The van der Waals surface area contributed by atoms with Crippen molar-refractivity contribution in [2.24, 2.45) is 0 Å². The molecule has 9 nitrogen and oxygen atoms in total. The maximum absolute atomic E-state index is 9.75. The smallest absolute Gasteiger partial charge is 0.496 e. The lowest BCUT2D eigenvalue weighted by atomic mass is 9.97. The summed E-state index contributed by atoms with van der Waals surface area (Å²) in [5, 5.41) is 0. The number of benzene rings is 2. The Bertz CT molecular complexity index is 1420. The maximum atomic E-state index is 9.75. The molecule has 44 heavy (non-hydrogen) atoms. The third-order valence-electron chi connectivity index (χ3n) is 6.58. The molecule has 0 unspecified atom stereocenters. The Balaban J connectivity index is 0.000000978. The zero-order valence-corrected chi connectivity index (χ0v) is 25.7.